The molecule has 0 saturated carbocycles. The Hall–Kier alpha value is -4.82. The highest BCUT2D eigenvalue weighted by molar-refractivity contribution is 6.06. The fraction of sp³-hybridized carbons (Fsp3) is 0.471. The van der Waals surface area contributed by atoms with Crippen molar-refractivity contribution in [3.63, 3.8) is 0 Å². The van der Waals surface area contributed by atoms with Gasteiger partial charge in [0, 0.05) is 25.1 Å². The molecule has 1 unspecified atom stereocenters. The maximum Gasteiger partial charge on any atom is 0.323 e. The number of benzene rings is 2. The van der Waals surface area contributed by atoms with Crippen molar-refractivity contribution >= 4 is 45.9 Å². The molecule has 0 aliphatic rings. The van der Waals surface area contributed by atoms with E-state index in [0.717, 1.165) is 76.5 Å². The first kappa shape index (κ1) is 36.0. The Balaban J connectivity index is 1.39. The second-order valence-corrected chi connectivity index (χ2v) is 11.5. The van der Waals surface area contributed by atoms with Crippen LogP contribution in [-0.4, -0.2) is 86.7 Å². The molecule has 2 aromatic carbocycles. The first-order chi connectivity index (χ1) is 23.3. The van der Waals surface area contributed by atoms with Gasteiger partial charge in [0.15, 0.2) is 17.6 Å². The minimum atomic E-state index is -1.23. The average Bonchev–Trinajstić information content (AvgIpc) is 3.44. The van der Waals surface area contributed by atoms with E-state index in [1.54, 1.807) is 30.3 Å². The first-order valence-electron chi connectivity index (χ1n) is 16.7. The molecule has 0 bridgehead atoms. The van der Waals surface area contributed by atoms with Crippen LogP contribution in [0.2, 0.25) is 0 Å². The van der Waals surface area contributed by atoms with E-state index in [4.69, 9.17) is 0 Å². The summed E-state index contributed by atoms with van der Waals surface area (Å²) in [7, 11) is 0. The number of carbonyl (C=O) groups excluding carboxylic acids is 2. The van der Waals surface area contributed by atoms with E-state index in [9.17, 15) is 14.4 Å². The van der Waals surface area contributed by atoms with Crippen LogP contribution in [0.3, 0.4) is 0 Å². The number of nitrogens with one attached hydrogen (secondary N) is 5. The molecule has 0 spiro atoms. The van der Waals surface area contributed by atoms with Crippen LogP contribution in [0.25, 0.3) is 11.0 Å². The molecular weight excluding hydrogens is 610 g/mol. The van der Waals surface area contributed by atoms with Crippen molar-refractivity contribution in [3.8, 4) is 0 Å². The van der Waals surface area contributed by atoms with Gasteiger partial charge in [-0.05, 0) is 101 Å². The van der Waals surface area contributed by atoms with Gasteiger partial charge in [-0.25, -0.2) is 4.79 Å². The molecular formula is C34H47N11O3. The molecule has 14 nitrogen and oxygen atoms in total. The van der Waals surface area contributed by atoms with Gasteiger partial charge in [0.25, 0.3) is 0 Å². The van der Waals surface area contributed by atoms with Gasteiger partial charge in [-0.2, -0.15) is 25.2 Å². The topological polar surface area (TPSA) is 186 Å². The zero-order valence-corrected chi connectivity index (χ0v) is 28.3. The number of nitrogens with zero attached hydrogens (tertiary/aromatic N) is 6. The highest BCUT2D eigenvalue weighted by Crippen LogP contribution is 2.21. The Kier molecular flexibility index (Phi) is 13.9. The number of azo groups is 1. The lowest BCUT2D eigenvalue weighted by molar-refractivity contribution is -0.127. The van der Waals surface area contributed by atoms with Gasteiger partial charge in [-0.15, -0.1) is 0 Å². The molecule has 2 heterocycles. The monoisotopic (exact) mass is 657 g/mol. The SMILES string of the molecule is CCNCCCNc1nc(CCCCN(CC)CC)nc(Nc2ccc(N=NC(C(C)=O)C(=O)Cc3ccc4[nH]c(=O)[nH]c4c3)cc2)n1. The van der Waals surface area contributed by atoms with Crippen molar-refractivity contribution < 1.29 is 9.59 Å². The Labute approximate surface area is 280 Å². The molecule has 0 saturated heterocycles. The second-order valence-electron chi connectivity index (χ2n) is 11.5. The number of hydrogen-bond acceptors (Lipinski definition) is 12. The second kappa shape index (κ2) is 18.5. The summed E-state index contributed by atoms with van der Waals surface area (Å²) in [5, 5.41) is 18.2. The van der Waals surface area contributed by atoms with E-state index in [1.165, 1.54) is 6.92 Å². The Morgan fingerprint density at radius 2 is 1.65 bits per heavy atom. The number of rotatable bonds is 21. The lowest BCUT2D eigenvalue weighted by Crippen LogP contribution is -2.27. The lowest BCUT2D eigenvalue weighted by Gasteiger charge is -2.17. The third-order valence-electron chi connectivity index (χ3n) is 7.83. The molecule has 0 aliphatic carbocycles. The number of aryl methyl sites for hydroxylation is 1. The predicted octanol–water partition coefficient (Wildman–Crippen LogP) is 4.71. The molecule has 0 radical (unpaired) electrons. The predicted molar refractivity (Wildman–Crippen MR) is 189 cm³/mol. The van der Waals surface area contributed by atoms with Crippen LogP contribution >= 0.6 is 0 Å². The van der Waals surface area contributed by atoms with Gasteiger partial charge in [0.2, 0.25) is 11.9 Å². The lowest BCUT2D eigenvalue weighted by atomic mass is 10.0. The van der Waals surface area contributed by atoms with Gasteiger partial charge in [0.1, 0.15) is 5.82 Å². The van der Waals surface area contributed by atoms with Gasteiger partial charge in [0.05, 0.1) is 16.7 Å². The number of unbranched alkanes of at least 4 members (excludes halogenated alkanes) is 1. The summed E-state index contributed by atoms with van der Waals surface area (Å²) in [5.74, 6) is 0.924. The van der Waals surface area contributed by atoms with Crippen LogP contribution in [-0.2, 0) is 22.4 Å². The smallest absolute Gasteiger partial charge is 0.323 e. The summed E-state index contributed by atoms with van der Waals surface area (Å²) < 4.78 is 0. The van der Waals surface area contributed by atoms with Crippen molar-refractivity contribution in [2.75, 3.05) is 49.9 Å². The van der Waals surface area contributed by atoms with Crippen LogP contribution in [0.15, 0.2) is 57.5 Å². The fourth-order valence-electron chi connectivity index (χ4n) is 5.14. The van der Waals surface area contributed by atoms with Crippen LogP contribution < -0.4 is 21.6 Å². The van der Waals surface area contributed by atoms with Gasteiger partial charge < -0.3 is 30.8 Å². The van der Waals surface area contributed by atoms with Crippen molar-refractivity contribution in [2.24, 2.45) is 10.2 Å². The van der Waals surface area contributed by atoms with E-state index in [2.05, 4.69) is 76.8 Å². The van der Waals surface area contributed by atoms with Crippen LogP contribution in [0.4, 0.5) is 23.3 Å². The van der Waals surface area contributed by atoms with Crippen molar-refractivity contribution in [1.82, 2.24) is 35.1 Å². The number of anilines is 3. The summed E-state index contributed by atoms with van der Waals surface area (Å²) in [4.78, 5) is 58.5. The number of carbonyl (C=O) groups is 2. The number of imidazole rings is 1. The number of aromatic nitrogens is 5. The summed E-state index contributed by atoms with van der Waals surface area (Å²) in [6.45, 7) is 13.5. The average molecular weight is 658 g/mol. The molecule has 48 heavy (non-hydrogen) atoms. The number of aromatic amines is 2. The first-order valence-corrected chi connectivity index (χ1v) is 16.7. The summed E-state index contributed by atoms with van der Waals surface area (Å²) in [6.07, 6.45) is 3.72. The maximum atomic E-state index is 13.0. The van der Waals surface area contributed by atoms with Crippen molar-refractivity contribution in [1.29, 1.82) is 0 Å². The normalized spacial score (nSPS) is 12.2. The largest absolute Gasteiger partial charge is 0.354 e. The minimum absolute atomic E-state index is 0.0222. The van der Waals surface area contributed by atoms with Gasteiger partial charge >= 0.3 is 5.69 Å². The Bertz CT molecular complexity index is 1710. The van der Waals surface area contributed by atoms with E-state index in [0.29, 0.717) is 34.2 Å². The van der Waals surface area contributed by atoms with Crippen molar-refractivity contribution in [3.05, 3.63) is 64.3 Å². The summed E-state index contributed by atoms with van der Waals surface area (Å²) in [6, 6.07) is 11.0. The van der Waals surface area contributed by atoms with Crippen LogP contribution in [0, 0.1) is 0 Å². The third kappa shape index (κ3) is 11.2. The zero-order valence-electron chi connectivity index (χ0n) is 28.3. The van der Waals surface area contributed by atoms with Crippen molar-refractivity contribution in [2.45, 2.75) is 65.8 Å². The van der Waals surface area contributed by atoms with E-state index < -0.39 is 11.8 Å². The minimum Gasteiger partial charge on any atom is -0.354 e. The van der Waals surface area contributed by atoms with Crippen LogP contribution in [0.5, 0.6) is 0 Å². The van der Waals surface area contributed by atoms with Gasteiger partial charge in [-0.3, -0.25) is 9.59 Å². The number of Topliss-reactive ketones (excluding diaryl/α,β-unsaturated/α-hetero) is 2. The van der Waals surface area contributed by atoms with E-state index >= 15 is 0 Å². The third-order valence-corrected chi connectivity index (χ3v) is 7.83. The molecule has 4 aromatic rings. The number of fused-ring (bicyclic) bond motifs is 1. The Morgan fingerprint density at radius 3 is 2.38 bits per heavy atom. The Morgan fingerprint density at radius 1 is 0.896 bits per heavy atom. The molecule has 256 valence electrons. The number of H-pyrrole nitrogens is 2. The molecule has 14 heteroatoms. The molecule has 0 fully saturated rings. The molecule has 2 aromatic heterocycles. The highest BCUT2D eigenvalue weighted by Gasteiger charge is 2.23. The molecule has 1 atom stereocenters. The number of ketones is 2. The fourth-order valence-corrected chi connectivity index (χ4v) is 5.14. The molecule has 0 aliphatic heterocycles. The summed E-state index contributed by atoms with van der Waals surface area (Å²) >= 11 is 0. The molecule has 0 amide bonds. The standard InChI is InChI=1S/C34H47N11O3/c1-5-35-18-10-19-36-32-40-30(11-8-9-20-45(6-2)7-3)41-33(42-32)37-25-13-15-26(16-14-25)43-44-31(23(4)46)29(47)22-24-12-17-27-28(21-24)39-34(48)38-27/h12-17,21,31,35H,5-11,18-20,22H2,1-4H3,(H2,38,39,48)(H2,36,37,40,41,42). The molecule has 5 N–H and O–H groups in total. The van der Waals surface area contributed by atoms with E-state index in [1.807, 2.05) is 12.1 Å². The number of hydrogen-bond donors (Lipinski definition) is 5. The molecule has 4 rings (SSSR count). The summed E-state index contributed by atoms with van der Waals surface area (Å²) in [5.41, 5.74) is 2.79. The zero-order chi connectivity index (χ0) is 34.3. The van der Waals surface area contributed by atoms with Gasteiger partial charge in [-0.1, -0.05) is 26.8 Å². The quantitative estimate of drug-likeness (QED) is 0.0477. The van der Waals surface area contributed by atoms with E-state index in [-0.39, 0.29) is 17.9 Å². The van der Waals surface area contributed by atoms with Crippen LogP contribution in [0.1, 0.15) is 58.3 Å². The maximum absolute atomic E-state index is 13.0. The highest BCUT2D eigenvalue weighted by atomic mass is 16.2.